The lowest BCUT2D eigenvalue weighted by Gasteiger charge is -2.47. The molecular formula is C27H30N2O6. The number of carbonyl (C=O) groups excluding carboxylic acids is 3. The summed E-state index contributed by atoms with van der Waals surface area (Å²) in [4.78, 5) is 37.7. The molecular weight excluding hydrogens is 448 g/mol. The molecule has 0 fully saturated rings. The number of ketones is 1. The molecule has 3 aliphatic carbocycles. The highest BCUT2D eigenvalue weighted by Gasteiger charge is 2.55. The number of primary amides is 1. The van der Waals surface area contributed by atoms with E-state index in [-0.39, 0.29) is 40.4 Å². The normalized spacial score (nSPS) is 26.1. The Labute approximate surface area is 203 Å². The number of fused-ring (bicyclic) bond motifs is 3. The van der Waals surface area contributed by atoms with Crippen molar-refractivity contribution in [3.63, 3.8) is 0 Å². The minimum Gasteiger partial charge on any atom is -0.508 e. The highest BCUT2D eigenvalue weighted by atomic mass is 16.3. The van der Waals surface area contributed by atoms with Crippen molar-refractivity contribution in [1.82, 2.24) is 5.32 Å². The van der Waals surface area contributed by atoms with Gasteiger partial charge in [-0.3, -0.25) is 14.4 Å². The van der Waals surface area contributed by atoms with E-state index < -0.39 is 40.4 Å². The average Bonchev–Trinajstić information content (AvgIpc) is 2.74. The molecule has 0 radical (unpaired) electrons. The maximum Gasteiger partial charge on any atom is 0.248 e. The summed E-state index contributed by atoms with van der Waals surface area (Å²) in [6.07, 6.45) is 5.54. The van der Waals surface area contributed by atoms with Crippen LogP contribution in [0.3, 0.4) is 0 Å². The molecule has 184 valence electrons. The number of nitrogens with two attached hydrogens (primary N) is 1. The molecule has 3 atom stereocenters. The minimum absolute atomic E-state index is 0.00465. The van der Waals surface area contributed by atoms with Crippen LogP contribution >= 0.6 is 0 Å². The van der Waals surface area contributed by atoms with Crippen molar-refractivity contribution >= 4 is 23.7 Å². The maximum absolute atomic E-state index is 13.6. The Hall–Kier alpha value is -3.65. The molecule has 4 rings (SSSR count). The standard InChI is InChI=1S/C27H30N2O6/c1-13-17(25(28)34)8-7-16-11-15-12-18-14(6-10-20(31)29-26(2,3)4)5-9-19(30)22(18)23(32)21(15)24(33)27(13,16)35/h5-6,8-10,15-16,30,33,35H,1,7,11-12H2,2-4H3,(H2,28,34)(H,29,31)/b10-6+/t15-,16-,27+/m1/s1. The molecule has 0 heterocycles. The second kappa shape index (κ2) is 8.23. The highest BCUT2D eigenvalue weighted by molar-refractivity contribution is 6.14. The van der Waals surface area contributed by atoms with Crippen LogP contribution in [-0.2, 0) is 16.0 Å². The van der Waals surface area contributed by atoms with E-state index in [4.69, 9.17) is 5.73 Å². The monoisotopic (exact) mass is 478 g/mol. The van der Waals surface area contributed by atoms with Crippen LogP contribution < -0.4 is 11.1 Å². The van der Waals surface area contributed by atoms with Crippen molar-refractivity contribution in [2.24, 2.45) is 17.6 Å². The smallest absolute Gasteiger partial charge is 0.248 e. The van der Waals surface area contributed by atoms with Crippen LogP contribution in [0.15, 0.2) is 53.3 Å². The molecule has 6 N–H and O–H groups in total. The summed E-state index contributed by atoms with van der Waals surface area (Å²) in [6, 6.07) is 3.00. The molecule has 0 aromatic heterocycles. The molecule has 0 saturated heterocycles. The summed E-state index contributed by atoms with van der Waals surface area (Å²) in [5.41, 5.74) is 4.22. The summed E-state index contributed by atoms with van der Waals surface area (Å²) >= 11 is 0. The largest absolute Gasteiger partial charge is 0.508 e. The van der Waals surface area contributed by atoms with Gasteiger partial charge in [0.2, 0.25) is 11.8 Å². The lowest BCUT2D eigenvalue weighted by molar-refractivity contribution is -0.118. The van der Waals surface area contributed by atoms with Crippen molar-refractivity contribution < 1.29 is 29.7 Å². The number of hydrogen-bond acceptors (Lipinski definition) is 6. The van der Waals surface area contributed by atoms with Crippen LogP contribution in [0.1, 0.15) is 55.1 Å². The first-order chi connectivity index (χ1) is 16.3. The summed E-state index contributed by atoms with van der Waals surface area (Å²) in [5.74, 6) is -3.39. The van der Waals surface area contributed by atoms with E-state index in [1.165, 1.54) is 12.1 Å². The van der Waals surface area contributed by atoms with Gasteiger partial charge in [-0.05, 0) is 74.8 Å². The van der Waals surface area contributed by atoms with Gasteiger partial charge in [0.05, 0.1) is 5.56 Å². The SMILES string of the molecule is C=C1C(C(N)=O)=CC[C@@H]2C[C@@H]3Cc4c(/C=C/C(=O)NC(C)(C)C)ccc(O)c4C(=O)C3=C(O)[C@]12O. The van der Waals surface area contributed by atoms with Gasteiger partial charge in [0.1, 0.15) is 17.1 Å². The number of carbonyl (C=O) groups is 3. The fraction of sp³-hybridized carbons (Fsp3) is 0.370. The zero-order valence-corrected chi connectivity index (χ0v) is 20.0. The fourth-order valence-corrected chi connectivity index (χ4v) is 5.44. The van der Waals surface area contributed by atoms with Gasteiger partial charge in [-0.15, -0.1) is 0 Å². The van der Waals surface area contributed by atoms with Crippen LogP contribution in [-0.4, -0.2) is 44.1 Å². The minimum atomic E-state index is -1.99. The van der Waals surface area contributed by atoms with Crippen LogP contribution in [0, 0.1) is 11.8 Å². The van der Waals surface area contributed by atoms with Gasteiger partial charge in [0.25, 0.3) is 0 Å². The van der Waals surface area contributed by atoms with Crippen molar-refractivity contribution in [2.45, 2.75) is 51.2 Å². The van der Waals surface area contributed by atoms with Crippen LogP contribution in [0.2, 0.25) is 0 Å². The molecule has 0 bridgehead atoms. The van der Waals surface area contributed by atoms with Gasteiger partial charge in [0, 0.05) is 28.7 Å². The summed E-state index contributed by atoms with van der Waals surface area (Å²) in [5, 5.41) is 36.1. The first kappa shape index (κ1) is 24.5. The van der Waals surface area contributed by atoms with Crippen molar-refractivity contribution in [3.8, 4) is 5.75 Å². The van der Waals surface area contributed by atoms with E-state index in [1.54, 1.807) is 18.2 Å². The zero-order chi connectivity index (χ0) is 25.9. The Balaban J connectivity index is 1.77. The first-order valence-electron chi connectivity index (χ1n) is 11.5. The number of phenolic OH excluding ortho intramolecular Hbond substituents is 1. The molecule has 1 aromatic carbocycles. The third-order valence-electron chi connectivity index (χ3n) is 7.00. The lowest BCUT2D eigenvalue weighted by Crippen LogP contribution is -2.51. The first-order valence-corrected chi connectivity index (χ1v) is 11.5. The number of benzene rings is 1. The van der Waals surface area contributed by atoms with E-state index in [0.29, 0.717) is 24.0 Å². The molecule has 0 spiro atoms. The third kappa shape index (κ3) is 3.97. The molecule has 35 heavy (non-hydrogen) atoms. The molecule has 0 unspecified atom stereocenters. The number of amides is 2. The van der Waals surface area contributed by atoms with E-state index in [0.717, 1.165) is 0 Å². The second-order valence-electron chi connectivity index (χ2n) is 10.5. The molecule has 2 amide bonds. The Bertz CT molecular complexity index is 1260. The number of rotatable bonds is 3. The fourth-order valence-electron chi connectivity index (χ4n) is 5.44. The molecule has 1 aromatic rings. The van der Waals surface area contributed by atoms with Gasteiger partial charge in [-0.1, -0.05) is 18.7 Å². The Morgan fingerprint density at radius 3 is 2.57 bits per heavy atom. The van der Waals surface area contributed by atoms with Crippen molar-refractivity contribution in [2.75, 3.05) is 0 Å². The van der Waals surface area contributed by atoms with Gasteiger partial charge in [-0.2, -0.15) is 0 Å². The number of nitrogens with one attached hydrogen (secondary N) is 1. The average molecular weight is 479 g/mol. The summed E-state index contributed by atoms with van der Waals surface area (Å²) < 4.78 is 0. The van der Waals surface area contributed by atoms with Crippen molar-refractivity contribution in [1.29, 1.82) is 0 Å². The van der Waals surface area contributed by atoms with E-state index >= 15 is 0 Å². The van der Waals surface area contributed by atoms with Crippen LogP contribution in [0.25, 0.3) is 6.08 Å². The van der Waals surface area contributed by atoms with Gasteiger partial charge < -0.3 is 26.4 Å². The highest BCUT2D eigenvalue weighted by Crippen LogP contribution is 2.53. The second-order valence-corrected chi connectivity index (χ2v) is 10.5. The number of Topliss-reactive ketones (excluding diaryl/α,β-unsaturated/α-hetero) is 1. The van der Waals surface area contributed by atoms with Crippen LogP contribution in [0.5, 0.6) is 5.75 Å². The quantitative estimate of drug-likeness (QED) is 0.422. The molecule has 8 nitrogen and oxygen atoms in total. The number of aromatic hydroxyl groups is 1. The van der Waals surface area contributed by atoms with Crippen LogP contribution in [0.4, 0.5) is 0 Å². The Morgan fingerprint density at radius 1 is 1.26 bits per heavy atom. The number of aliphatic hydroxyl groups excluding tert-OH is 1. The predicted octanol–water partition coefficient (Wildman–Crippen LogP) is 2.61. The summed E-state index contributed by atoms with van der Waals surface area (Å²) in [6.45, 7) is 9.41. The Morgan fingerprint density at radius 2 is 1.94 bits per heavy atom. The number of allylic oxidation sites excluding steroid dienone is 2. The molecule has 0 aliphatic heterocycles. The number of phenols is 1. The third-order valence-corrected chi connectivity index (χ3v) is 7.00. The molecule has 8 heteroatoms. The van der Waals surface area contributed by atoms with E-state index in [9.17, 15) is 29.7 Å². The van der Waals surface area contributed by atoms with Gasteiger partial charge in [-0.25, -0.2) is 0 Å². The van der Waals surface area contributed by atoms with Gasteiger partial charge >= 0.3 is 0 Å². The maximum atomic E-state index is 13.6. The molecule has 0 saturated carbocycles. The zero-order valence-electron chi connectivity index (χ0n) is 20.0. The van der Waals surface area contributed by atoms with Crippen molar-refractivity contribution in [3.05, 3.63) is 70.0 Å². The summed E-state index contributed by atoms with van der Waals surface area (Å²) in [7, 11) is 0. The van der Waals surface area contributed by atoms with E-state index in [1.807, 2.05) is 20.8 Å². The topological polar surface area (TPSA) is 150 Å². The number of hydrogen-bond donors (Lipinski definition) is 5. The van der Waals surface area contributed by atoms with E-state index in [2.05, 4.69) is 11.9 Å². The lowest BCUT2D eigenvalue weighted by atomic mass is 9.59. The number of aliphatic hydroxyl groups is 2. The predicted molar refractivity (Wildman–Crippen MR) is 130 cm³/mol. The Kier molecular flexibility index (Phi) is 5.76. The van der Waals surface area contributed by atoms with Gasteiger partial charge in [0.15, 0.2) is 5.78 Å². The molecule has 3 aliphatic rings.